The lowest BCUT2D eigenvalue weighted by molar-refractivity contribution is -0.391. The molecule has 2 atom stereocenters. The fourth-order valence-corrected chi connectivity index (χ4v) is 3.90. The molecule has 2 rings (SSSR count). The summed E-state index contributed by atoms with van der Waals surface area (Å²) in [6, 6.07) is 7.88. The number of halogens is 6. The SMILES string of the molecule is CCN(Cc1ccccc1)[C@@H]1CCCC[C@H]1C(O)(C(F)(F)F)C(F)(F)F. The van der Waals surface area contributed by atoms with Gasteiger partial charge in [-0.05, 0) is 24.9 Å². The van der Waals surface area contributed by atoms with E-state index in [1.165, 1.54) is 0 Å². The molecule has 0 spiro atoms. The van der Waals surface area contributed by atoms with Crippen molar-refractivity contribution in [2.24, 2.45) is 5.92 Å². The fraction of sp³-hybridized carbons (Fsp3) is 0.667. The maximum Gasteiger partial charge on any atom is 0.426 e. The summed E-state index contributed by atoms with van der Waals surface area (Å²) < 4.78 is 80.2. The summed E-state index contributed by atoms with van der Waals surface area (Å²) in [4.78, 5) is 1.61. The van der Waals surface area contributed by atoms with E-state index in [0.29, 0.717) is 13.0 Å². The molecule has 1 aliphatic carbocycles. The molecule has 8 heteroatoms. The lowest BCUT2D eigenvalue weighted by Crippen LogP contribution is -2.66. The highest BCUT2D eigenvalue weighted by Gasteiger charge is 2.74. The predicted octanol–water partition coefficient (Wildman–Crippen LogP) is 4.92. The van der Waals surface area contributed by atoms with Gasteiger partial charge in [-0.3, -0.25) is 4.90 Å². The van der Waals surface area contributed by atoms with Crippen molar-refractivity contribution in [3.05, 3.63) is 35.9 Å². The van der Waals surface area contributed by atoms with Crippen molar-refractivity contribution in [2.45, 2.75) is 63.1 Å². The van der Waals surface area contributed by atoms with Crippen molar-refractivity contribution in [2.75, 3.05) is 6.54 Å². The zero-order chi connectivity index (χ0) is 19.6. The molecular weight excluding hydrogens is 360 g/mol. The molecule has 148 valence electrons. The quantitative estimate of drug-likeness (QED) is 0.730. The third-order valence-corrected chi connectivity index (χ3v) is 5.23. The monoisotopic (exact) mass is 383 g/mol. The predicted molar refractivity (Wildman–Crippen MR) is 85.3 cm³/mol. The van der Waals surface area contributed by atoms with Gasteiger partial charge in [0, 0.05) is 18.5 Å². The van der Waals surface area contributed by atoms with Crippen LogP contribution in [-0.4, -0.2) is 40.5 Å². The summed E-state index contributed by atoms with van der Waals surface area (Å²) in [6.45, 7) is 2.24. The highest BCUT2D eigenvalue weighted by atomic mass is 19.4. The smallest absolute Gasteiger partial charge is 0.373 e. The summed E-state index contributed by atoms with van der Waals surface area (Å²) >= 11 is 0. The number of aliphatic hydroxyl groups is 1. The van der Waals surface area contributed by atoms with E-state index in [0.717, 1.165) is 5.56 Å². The van der Waals surface area contributed by atoms with E-state index in [2.05, 4.69) is 0 Å². The second-order valence-electron chi connectivity index (χ2n) is 6.77. The van der Waals surface area contributed by atoms with Gasteiger partial charge in [-0.2, -0.15) is 26.3 Å². The van der Waals surface area contributed by atoms with Gasteiger partial charge in [0.25, 0.3) is 5.60 Å². The molecule has 26 heavy (non-hydrogen) atoms. The third-order valence-electron chi connectivity index (χ3n) is 5.23. The van der Waals surface area contributed by atoms with Crippen LogP contribution in [0.15, 0.2) is 30.3 Å². The van der Waals surface area contributed by atoms with E-state index < -0.39 is 29.9 Å². The lowest BCUT2D eigenvalue weighted by Gasteiger charge is -2.48. The van der Waals surface area contributed by atoms with E-state index in [-0.39, 0.29) is 25.8 Å². The molecule has 0 unspecified atom stereocenters. The first-order valence-corrected chi connectivity index (χ1v) is 8.66. The molecule has 1 aromatic rings. The first-order valence-electron chi connectivity index (χ1n) is 8.66. The zero-order valence-electron chi connectivity index (χ0n) is 14.4. The average Bonchev–Trinajstić information content (AvgIpc) is 2.58. The molecule has 1 aromatic carbocycles. The van der Waals surface area contributed by atoms with Crippen LogP contribution in [0.5, 0.6) is 0 Å². The van der Waals surface area contributed by atoms with E-state index >= 15 is 0 Å². The summed E-state index contributed by atoms with van der Waals surface area (Å²) in [7, 11) is 0. The molecule has 1 saturated carbocycles. The number of benzene rings is 1. The Balaban J connectivity index is 2.38. The van der Waals surface area contributed by atoms with Gasteiger partial charge < -0.3 is 5.11 Å². The van der Waals surface area contributed by atoms with Crippen LogP contribution in [0.4, 0.5) is 26.3 Å². The van der Waals surface area contributed by atoms with Gasteiger partial charge in [-0.1, -0.05) is 50.1 Å². The standard InChI is InChI=1S/C18H23F6NO/c1-2-25(12-13-8-4-3-5-9-13)15-11-7-6-10-14(15)16(26,17(19,20)21)18(22,23)24/h3-5,8-9,14-15,26H,2,6-7,10-12H2,1H3/t14-,15-/m1/s1. The lowest BCUT2D eigenvalue weighted by atomic mass is 9.72. The molecular formula is C18H23F6NO. The van der Waals surface area contributed by atoms with Crippen LogP contribution >= 0.6 is 0 Å². The van der Waals surface area contributed by atoms with Gasteiger partial charge in [-0.15, -0.1) is 0 Å². The third kappa shape index (κ3) is 4.01. The molecule has 0 aliphatic heterocycles. The number of rotatable bonds is 5. The number of hydrogen-bond acceptors (Lipinski definition) is 2. The minimum atomic E-state index is -5.78. The Morgan fingerprint density at radius 3 is 2.00 bits per heavy atom. The van der Waals surface area contributed by atoms with Crippen molar-refractivity contribution >= 4 is 0 Å². The molecule has 0 heterocycles. The fourth-order valence-electron chi connectivity index (χ4n) is 3.90. The van der Waals surface area contributed by atoms with Crippen LogP contribution in [0.2, 0.25) is 0 Å². The molecule has 0 radical (unpaired) electrons. The van der Waals surface area contributed by atoms with Crippen molar-refractivity contribution in [3.8, 4) is 0 Å². The molecule has 1 fully saturated rings. The Kier molecular flexibility index (Phi) is 6.28. The second-order valence-corrected chi connectivity index (χ2v) is 6.77. The minimum absolute atomic E-state index is 0.194. The Morgan fingerprint density at radius 2 is 1.50 bits per heavy atom. The molecule has 0 aromatic heterocycles. The van der Waals surface area contributed by atoms with Gasteiger partial charge in [0.1, 0.15) is 0 Å². The number of alkyl halides is 6. The zero-order valence-corrected chi connectivity index (χ0v) is 14.4. The van der Waals surface area contributed by atoms with E-state index in [1.54, 1.807) is 42.2 Å². The maximum atomic E-state index is 13.4. The molecule has 1 N–H and O–H groups in total. The second kappa shape index (κ2) is 7.76. The van der Waals surface area contributed by atoms with Gasteiger partial charge in [0.2, 0.25) is 0 Å². The Hall–Kier alpha value is -1.28. The summed E-state index contributed by atoms with van der Waals surface area (Å²) in [5.41, 5.74) is -3.89. The van der Waals surface area contributed by atoms with Crippen LogP contribution < -0.4 is 0 Å². The number of nitrogens with zero attached hydrogens (tertiary/aromatic N) is 1. The highest BCUT2D eigenvalue weighted by molar-refractivity contribution is 5.15. The van der Waals surface area contributed by atoms with Gasteiger partial charge >= 0.3 is 12.4 Å². The van der Waals surface area contributed by atoms with Crippen molar-refractivity contribution in [1.82, 2.24) is 4.90 Å². The van der Waals surface area contributed by atoms with Gasteiger partial charge in [0.05, 0.1) is 0 Å². The van der Waals surface area contributed by atoms with Crippen LogP contribution in [0, 0.1) is 5.92 Å². The average molecular weight is 383 g/mol. The van der Waals surface area contributed by atoms with E-state index in [9.17, 15) is 31.4 Å². The van der Waals surface area contributed by atoms with E-state index in [4.69, 9.17) is 0 Å². The van der Waals surface area contributed by atoms with Crippen molar-refractivity contribution in [1.29, 1.82) is 0 Å². The summed E-state index contributed by atoms with van der Waals surface area (Å²) in [6.07, 6.45) is -10.9. The molecule has 0 bridgehead atoms. The van der Waals surface area contributed by atoms with Crippen LogP contribution in [0.25, 0.3) is 0 Å². The first kappa shape index (κ1) is 21.0. The molecule has 0 amide bonds. The van der Waals surface area contributed by atoms with Crippen LogP contribution in [0.1, 0.15) is 38.2 Å². The summed E-state index contributed by atoms with van der Waals surface area (Å²) in [5.74, 6) is -1.94. The largest absolute Gasteiger partial charge is 0.426 e. The Morgan fingerprint density at radius 1 is 0.962 bits per heavy atom. The number of hydrogen-bond donors (Lipinski definition) is 1. The topological polar surface area (TPSA) is 23.5 Å². The Labute approximate surface area is 148 Å². The minimum Gasteiger partial charge on any atom is -0.373 e. The molecule has 1 aliphatic rings. The first-order chi connectivity index (χ1) is 12.0. The van der Waals surface area contributed by atoms with Crippen LogP contribution in [-0.2, 0) is 6.54 Å². The Bertz CT molecular complexity index is 557. The highest BCUT2D eigenvalue weighted by Crippen LogP contribution is 2.52. The molecule has 0 saturated heterocycles. The van der Waals surface area contributed by atoms with Crippen molar-refractivity contribution in [3.63, 3.8) is 0 Å². The van der Waals surface area contributed by atoms with Crippen LogP contribution in [0.3, 0.4) is 0 Å². The molecule has 2 nitrogen and oxygen atoms in total. The normalized spacial score (nSPS) is 22.7. The van der Waals surface area contributed by atoms with Crippen molar-refractivity contribution < 1.29 is 31.4 Å². The van der Waals surface area contributed by atoms with E-state index in [1.807, 2.05) is 0 Å². The maximum absolute atomic E-state index is 13.4. The van der Waals surface area contributed by atoms with Gasteiger partial charge in [0.15, 0.2) is 0 Å². The van der Waals surface area contributed by atoms with Gasteiger partial charge in [-0.25, -0.2) is 0 Å². The summed E-state index contributed by atoms with van der Waals surface area (Å²) in [5, 5.41) is 9.91.